The van der Waals surface area contributed by atoms with Crippen molar-refractivity contribution in [1.82, 2.24) is 4.90 Å². The summed E-state index contributed by atoms with van der Waals surface area (Å²) in [6, 6.07) is 4.13. The number of hydrogen-bond acceptors (Lipinski definition) is 3. The summed E-state index contributed by atoms with van der Waals surface area (Å²) in [5.41, 5.74) is 0. The van der Waals surface area contributed by atoms with Crippen LogP contribution in [0.5, 0.6) is 0 Å². The van der Waals surface area contributed by atoms with Gasteiger partial charge in [-0.1, -0.05) is 0 Å². The van der Waals surface area contributed by atoms with Gasteiger partial charge >= 0.3 is 0 Å². The van der Waals surface area contributed by atoms with Crippen molar-refractivity contribution in [3.63, 3.8) is 0 Å². The Labute approximate surface area is 78.1 Å². The third kappa shape index (κ3) is 5.97. The molecule has 0 atom stereocenters. The molecule has 0 N–H and O–H groups in total. The first-order chi connectivity index (χ1) is 5.85. The molecule has 0 unspecified atom stereocenters. The lowest BCUT2D eigenvalue weighted by molar-refractivity contribution is 0.303. The van der Waals surface area contributed by atoms with Gasteiger partial charge in [0.25, 0.3) is 0 Å². The van der Waals surface area contributed by atoms with E-state index in [1.807, 2.05) is 4.90 Å². The van der Waals surface area contributed by atoms with Gasteiger partial charge in [0.15, 0.2) is 0 Å². The zero-order valence-electron chi connectivity index (χ0n) is 6.96. The highest BCUT2D eigenvalue weighted by atomic mass is 35.5. The second-order valence-corrected chi connectivity index (χ2v) is 2.72. The molecule has 0 aromatic carbocycles. The monoisotopic (exact) mass is 185 g/mol. The number of halogens is 1. The summed E-state index contributed by atoms with van der Waals surface area (Å²) in [4.78, 5) is 2.03. The second-order valence-electron chi connectivity index (χ2n) is 2.35. The SMILES string of the molecule is N#CCCN(CCCl)CCC#N. The standard InChI is InChI=1S/C8H12ClN3/c9-3-8-12(6-1-4-10)7-2-5-11/h1-3,6-8H2. The van der Waals surface area contributed by atoms with Gasteiger partial charge in [-0.05, 0) is 0 Å². The van der Waals surface area contributed by atoms with Crippen molar-refractivity contribution in [3.8, 4) is 12.1 Å². The van der Waals surface area contributed by atoms with E-state index in [9.17, 15) is 0 Å². The Bertz CT molecular complexity index is 162. The molecule has 0 bridgehead atoms. The zero-order chi connectivity index (χ0) is 9.23. The van der Waals surface area contributed by atoms with Gasteiger partial charge in [-0.2, -0.15) is 10.5 Å². The van der Waals surface area contributed by atoms with E-state index in [4.69, 9.17) is 22.1 Å². The van der Waals surface area contributed by atoms with E-state index in [2.05, 4.69) is 12.1 Å². The lowest BCUT2D eigenvalue weighted by Crippen LogP contribution is -2.27. The molecule has 0 heterocycles. The van der Waals surface area contributed by atoms with Crippen molar-refractivity contribution in [2.75, 3.05) is 25.5 Å². The Kier molecular flexibility index (Phi) is 7.79. The number of nitrogens with zero attached hydrogens (tertiary/aromatic N) is 3. The third-order valence-electron chi connectivity index (χ3n) is 1.48. The number of nitriles is 2. The van der Waals surface area contributed by atoms with Crippen LogP contribution in [0.15, 0.2) is 0 Å². The van der Waals surface area contributed by atoms with Gasteiger partial charge in [-0.15, -0.1) is 11.6 Å². The fraction of sp³-hybridized carbons (Fsp3) is 0.750. The van der Waals surface area contributed by atoms with Gasteiger partial charge in [0.05, 0.1) is 12.1 Å². The molecule has 0 spiro atoms. The first-order valence-electron chi connectivity index (χ1n) is 3.87. The Morgan fingerprint density at radius 2 is 1.50 bits per heavy atom. The lowest BCUT2D eigenvalue weighted by atomic mass is 10.3. The smallest absolute Gasteiger partial charge is 0.0635 e. The van der Waals surface area contributed by atoms with Crippen LogP contribution >= 0.6 is 11.6 Å². The minimum Gasteiger partial charge on any atom is -0.300 e. The van der Waals surface area contributed by atoms with Crippen LogP contribution in [0.4, 0.5) is 0 Å². The van der Waals surface area contributed by atoms with E-state index in [0.29, 0.717) is 31.8 Å². The van der Waals surface area contributed by atoms with Crippen LogP contribution in [-0.2, 0) is 0 Å². The molecule has 0 fully saturated rings. The van der Waals surface area contributed by atoms with Gasteiger partial charge < -0.3 is 4.90 Å². The van der Waals surface area contributed by atoms with Crippen molar-refractivity contribution in [2.24, 2.45) is 0 Å². The molecule has 3 nitrogen and oxygen atoms in total. The number of rotatable bonds is 6. The molecule has 0 saturated carbocycles. The Morgan fingerprint density at radius 1 is 1.00 bits per heavy atom. The summed E-state index contributed by atoms with van der Waals surface area (Å²) in [5.74, 6) is 0.552. The molecule has 0 aliphatic carbocycles. The van der Waals surface area contributed by atoms with Gasteiger partial charge in [-0.25, -0.2) is 0 Å². The molecule has 66 valence electrons. The second kappa shape index (κ2) is 8.33. The van der Waals surface area contributed by atoms with Crippen molar-refractivity contribution in [1.29, 1.82) is 10.5 Å². The minimum absolute atomic E-state index is 0.502. The quantitative estimate of drug-likeness (QED) is 0.587. The first-order valence-corrected chi connectivity index (χ1v) is 4.40. The normalized spacial score (nSPS) is 9.33. The van der Waals surface area contributed by atoms with Crippen molar-refractivity contribution in [2.45, 2.75) is 12.8 Å². The predicted molar refractivity (Wildman–Crippen MR) is 47.6 cm³/mol. The van der Waals surface area contributed by atoms with Crippen molar-refractivity contribution in [3.05, 3.63) is 0 Å². The van der Waals surface area contributed by atoms with Crippen LogP contribution in [0.1, 0.15) is 12.8 Å². The van der Waals surface area contributed by atoms with Gasteiger partial charge in [-0.3, -0.25) is 0 Å². The van der Waals surface area contributed by atoms with Crippen molar-refractivity contribution >= 4 is 11.6 Å². The maximum atomic E-state index is 8.33. The first kappa shape index (κ1) is 11.2. The summed E-state index contributed by atoms with van der Waals surface area (Å²) in [5, 5.41) is 16.7. The average Bonchev–Trinajstić information content (AvgIpc) is 2.10. The van der Waals surface area contributed by atoms with Crippen LogP contribution in [0.25, 0.3) is 0 Å². The van der Waals surface area contributed by atoms with Crippen molar-refractivity contribution < 1.29 is 0 Å². The van der Waals surface area contributed by atoms with Crippen LogP contribution in [0.2, 0.25) is 0 Å². The summed E-state index contributed by atoms with van der Waals surface area (Å²) in [6.07, 6.45) is 1.00. The molecule has 12 heavy (non-hydrogen) atoms. The van der Waals surface area contributed by atoms with Crippen LogP contribution in [-0.4, -0.2) is 30.4 Å². The molecular weight excluding hydrogens is 174 g/mol. The molecule has 0 saturated heterocycles. The summed E-state index contributed by atoms with van der Waals surface area (Å²) in [7, 11) is 0. The molecule has 0 radical (unpaired) electrons. The van der Waals surface area contributed by atoms with Gasteiger partial charge in [0, 0.05) is 38.4 Å². The highest BCUT2D eigenvalue weighted by molar-refractivity contribution is 6.18. The lowest BCUT2D eigenvalue weighted by Gasteiger charge is -2.17. The Balaban J connectivity index is 3.57. The Hall–Kier alpha value is -0.770. The van der Waals surface area contributed by atoms with E-state index >= 15 is 0 Å². The predicted octanol–water partition coefficient (Wildman–Crippen LogP) is 1.35. The van der Waals surface area contributed by atoms with Crippen LogP contribution < -0.4 is 0 Å². The molecule has 0 aromatic rings. The van der Waals surface area contributed by atoms with Crippen LogP contribution in [0.3, 0.4) is 0 Å². The number of hydrogen-bond donors (Lipinski definition) is 0. The molecular formula is C8H12ClN3. The molecule has 0 aliphatic heterocycles. The van der Waals surface area contributed by atoms with E-state index in [0.717, 1.165) is 6.54 Å². The van der Waals surface area contributed by atoms with E-state index in [1.165, 1.54) is 0 Å². The summed E-state index contributed by atoms with van der Waals surface area (Å²) < 4.78 is 0. The Morgan fingerprint density at radius 3 is 1.83 bits per heavy atom. The molecule has 4 heteroatoms. The topological polar surface area (TPSA) is 50.8 Å². The van der Waals surface area contributed by atoms with Crippen LogP contribution in [0, 0.1) is 22.7 Å². The van der Waals surface area contributed by atoms with E-state index < -0.39 is 0 Å². The highest BCUT2D eigenvalue weighted by Gasteiger charge is 2.01. The van der Waals surface area contributed by atoms with E-state index in [-0.39, 0.29) is 0 Å². The molecule has 0 aromatic heterocycles. The summed E-state index contributed by atoms with van der Waals surface area (Å²) >= 11 is 5.55. The largest absolute Gasteiger partial charge is 0.300 e. The minimum atomic E-state index is 0.502. The molecule has 0 amide bonds. The maximum Gasteiger partial charge on any atom is 0.0635 e. The summed E-state index contributed by atoms with van der Waals surface area (Å²) in [6.45, 7) is 2.18. The third-order valence-corrected chi connectivity index (χ3v) is 1.65. The van der Waals surface area contributed by atoms with Gasteiger partial charge in [0.1, 0.15) is 0 Å². The number of alkyl halides is 1. The highest BCUT2D eigenvalue weighted by Crippen LogP contribution is 1.94. The van der Waals surface area contributed by atoms with Gasteiger partial charge in [0.2, 0.25) is 0 Å². The fourth-order valence-corrected chi connectivity index (χ4v) is 1.11. The fourth-order valence-electron chi connectivity index (χ4n) is 0.871. The van der Waals surface area contributed by atoms with E-state index in [1.54, 1.807) is 0 Å². The molecule has 0 rings (SSSR count). The molecule has 0 aliphatic rings. The zero-order valence-corrected chi connectivity index (χ0v) is 7.72. The maximum absolute atomic E-state index is 8.33. The average molecular weight is 186 g/mol.